The van der Waals surface area contributed by atoms with E-state index in [2.05, 4.69) is 5.10 Å². The van der Waals surface area contributed by atoms with E-state index in [9.17, 15) is 12.8 Å². The zero-order valence-electron chi connectivity index (χ0n) is 15.1. The molecule has 3 aromatic rings. The predicted molar refractivity (Wildman–Crippen MR) is 103 cm³/mol. The molecule has 0 bridgehead atoms. The van der Waals surface area contributed by atoms with Gasteiger partial charge in [-0.05, 0) is 44.2 Å². The molecule has 0 unspecified atom stereocenters. The van der Waals surface area contributed by atoms with Crippen LogP contribution in [0.1, 0.15) is 17.0 Å². The zero-order valence-corrected chi connectivity index (χ0v) is 16.7. The molecule has 0 spiro atoms. The number of aryl methyl sites for hydroxylation is 1. The SMILES string of the molecule is Cc1nn(-c2ccccc2)c(C)c1CN(C)S(=O)(=O)c1ccc(Cl)cc1F. The van der Waals surface area contributed by atoms with E-state index in [1.54, 1.807) is 4.68 Å². The van der Waals surface area contributed by atoms with Crippen molar-refractivity contribution < 1.29 is 12.8 Å². The first-order valence-electron chi connectivity index (χ1n) is 8.23. The third-order valence-corrected chi connectivity index (χ3v) is 6.48. The summed E-state index contributed by atoms with van der Waals surface area (Å²) in [5.74, 6) is -0.872. The topological polar surface area (TPSA) is 55.2 Å². The van der Waals surface area contributed by atoms with Crippen LogP contribution in [0.3, 0.4) is 0 Å². The van der Waals surface area contributed by atoms with Crippen LogP contribution in [0.15, 0.2) is 53.4 Å². The first-order chi connectivity index (χ1) is 12.7. The number of hydrogen-bond donors (Lipinski definition) is 0. The van der Waals surface area contributed by atoms with Gasteiger partial charge in [-0.25, -0.2) is 17.5 Å². The Morgan fingerprint density at radius 3 is 2.44 bits per heavy atom. The Kier molecular flexibility index (Phi) is 5.37. The minimum absolute atomic E-state index is 0.0783. The monoisotopic (exact) mass is 407 g/mol. The summed E-state index contributed by atoms with van der Waals surface area (Å²) >= 11 is 5.72. The molecule has 5 nitrogen and oxygen atoms in total. The van der Waals surface area contributed by atoms with Crippen LogP contribution >= 0.6 is 11.6 Å². The van der Waals surface area contributed by atoms with E-state index < -0.39 is 20.7 Å². The van der Waals surface area contributed by atoms with Crippen LogP contribution in [0.4, 0.5) is 4.39 Å². The van der Waals surface area contributed by atoms with Gasteiger partial charge < -0.3 is 0 Å². The van der Waals surface area contributed by atoms with E-state index in [0.29, 0.717) is 0 Å². The van der Waals surface area contributed by atoms with E-state index in [1.807, 2.05) is 44.2 Å². The molecule has 0 aliphatic heterocycles. The molecule has 0 amide bonds. The summed E-state index contributed by atoms with van der Waals surface area (Å²) in [5, 5.41) is 4.66. The molecule has 1 aromatic heterocycles. The van der Waals surface area contributed by atoms with Crippen LogP contribution in [0.25, 0.3) is 5.69 Å². The van der Waals surface area contributed by atoms with Gasteiger partial charge in [0.1, 0.15) is 10.7 Å². The number of rotatable bonds is 5. The maximum Gasteiger partial charge on any atom is 0.246 e. The fourth-order valence-electron chi connectivity index (χ4n) is 2.88. The molecule has 1 heterocycles. The minimum atomic E-state index is -4.01. The van der Waals surface area contributed by atoms with Gasteiger partial charge >= 0.3 is 0 Å². The number of hydrogen-bond acceptors (Lipinski definition) is 3. The van der Waals surface area contributed by atoms with E-state index >= 15 is 0 Å². The maximum absolute atomic E-state index is 14.1. The summed E-state index contributed by atoms with van der Waals surface area (Å²) in [6.07, 6.45) is 0. The van der Waals surface area contributed by atoms with Crippen molar-refractivity contribution in [1.29, 1.82) is 0 Å². The lowest BCUT2D eigenvalue weighted by Gasteiger charge is -2.18. The minimum Gasteiger partial charge on any atom is -0.238 e. The van der Waals surface area contributed by atoms with Crippen LogP contribution in [-0.2, 0) is 16.6 Å². The van der Waals surface area contributed by atoms with Crippen molar-refractivity contribution in [3.63, 3.8) is 0 Å². The van der Waals surface area contributed by atoms with Gasteiger partial charge in [0.15, 0.2) is 0 Å². The molecule has 0 aliphatic rings. The van der Waals surface area contributed by atoms with Crippen LogP contribution in [0.2, 0.25) is 5.02 Å². The van der Waals surface area contributed by atoms with Gasteiger partial charge in [-0.3, -0.25) is 0 Å². The Bertz CT molecular complexity index is 1080. The molecule has 0 fully saturated rings. The predicted octanol–water partition coefficient (Wildman–Crippen LogP) is 4.10. The van der Waals surface area contributed by atoms with E-state index in [0.717, 1.165) is 33.0 Å². The molecule has 0 saturated carbocycles. The Balaban J connectivity index is 1.94. The molecule has 8 heteroatoms. The summed E-state index contributed by atoms with van der Waals surface area (Å²) in [7, 11) is -2.59. The Morgan fingerprint density at radius 1 is 1.15 bits per heavy atom. The van der Waals surface area contributed by atoms with Gasteiger partial charge in [-0.2, -0.15) is 9.40 Å². The van der Waals surface area contributed by atoms with Gasteiger partial charge in [0.05, 0.1) is 11.4 Å². The second kappa shape index (κ2) is 7.42. The maximum atomic E-state index is 14.1. The standard InChI is InChI=1S/C19H19ClFN3O2S/c1-13-17(14(2)24(22-13)16-7-5-4-6-8-16)12-23(3)27(25,26)19-10-9-15(20)11-18(19)21/h4-11H,12H2,1-3H3. The molecular weight excluding hydrogens is 389 g/mol. The molecule has 142 valence electrons. The number of sulfonamides is 1. The van der Waals surface area contributed by atoms with Gasteiger partial charge in [0.2, 0.25) is 10.0 Å². The number of benzene rings is 2. The van der Waals surface area contributed by atoms with Crippen molar-refractivity contribution in [2.75, 3.05) is 7.05 Å². The van der Waals surface area contributed by atoms with Crippen molar-refractivity contribution >= 4 is 21.6 Å². The Hall–Kier alpha value is -2.22. The van der Waals surface area contributed by atoms with Crippen molar-refractivity contribution in [2.45, 2.75) is 25.3 Å². The van der Waals surface area contributed by atoms with Gasteiger partial charge in [-0.15, -0.1) is 0 Å². The lowest BCUT2D eigenvalue weighted by Crippen LogP contribution is -2.27. The average Bonchev–Trinajstić information content (AvgIpc) is 2.90. The third-order valence-electron chi connectivity index (χ3n) is 4.40. The van der Waals surface area contributed by atoms with E-state index in [4.69, 9.17) is 11.6 Å². The van der Waals surface area contributed by atoms with Crippen LogP contribution in [0.5, 0.6) is 0 Å². The van der Waals surface area contributed by atoms with Crippen molar-refractivity contribution in [3.05, 3.63) is 76.3 Å². The number of para-hydroxylation sites is 1. The number of aromatic nitrogens is 2. The molecule has 0 saturated heterocycles. The van der Waals surface area contributed by atoms with Crippen molar-refractivity contribution in [3.8, 4) is 5.69 Å². The normalized spacial score (nSPS) is 11.9. The Morgan fingerprint density at radius 2 is 1.81 bits per heavy atom. The Labute approximate surface area is 163 Å². The first kappa shape index (κ1) is 19.5. The molecule has 0 radical (unpaired) electrons. The molecule has 2 aromatic carbocycles. The number of halogens is 2. The van der Waals surface area contributed by atoms with Crippen LogP contribution < -0.4 is 0 Å². The van der Waals surface area contributed by atoms with Gasteiger partial charge in [0.25, 0.3) is 0 Å². The van der Waals surface area contributed by atoms with E-state index in [-0.39, 0.29) is 11.6 Å². The molecule has 0 aliphatic carbocycles. The summed E-state index contributed by atoms with van der Waals surface area (Å²) in [4.78, 5) is -0.403. The highest BCUT2D eigenvalue weighted by molar-refractivity contribution is 7.89. The van der Waals surface area contributed by atoms with Crippen LogP contribution in [-0.4, -0.2) is 29.6 Å². The number of nitrogens with zero attached hydrogens (tertiary/aromatic N) is 3. The van der Waals surface area contributed by atoms with Crippen LogP contribution in [0, 0.1) is 19.7 Å². The van der Waals surface area contributed by atoms with Gasteiger partial charge in [0, 0.05) is 29.9 Å². The molecule has 27 heavy (non-hydrogen) atoms. The molecule has 0 atom stereocenters. The molecule has 3 rings (SSSR count). The molecule has 0 N–H and O–H groups in total. The largest absolute Gasteiger partial charge is 0.246 e. The second-order valence-corrected chi connectivity index (χ2v) is 8.68. The summed E-state index contributed by atoms with van der Waals surface area (Å²) in [6.45, 7) is 3.78. The highest BCUT2D eigenvalue weighted by Crippen LogP contribution is 2.25. The fraction of sp³-hybridized carbons (Fsp3) is 0.211. The quantitative estimate of drug-likeness (QED) is 0.639. The summed E-state index contributed by atoms with van der Waals surface area (Å²) in [5.41, 5.74) is 3.21. The summed E-state index contributed by atoms with van der Waals surface area (Å²) in [6, 6.07) is 13.1. The highest BCUT2D eigenvalue weighted by atomic mass is 35.5. The second-order valence-electron chi connectivity index (χ2n) is 6.23. The lowest BCUT2D eigenvalue weighted by atomic mass is 10.2. The average molecular weight is 408 g/mol. The van der Waals surface area contributed by atoms with Crippen molar-refractivity contribution in [2.24, 2.45) is 0 Å². The fourth-order valence-corrected chi connectivity index (χ4v) is 4.22. The third kappa shape index (κ3) is 3.76. The zero-order chi connectivity index (χ0) is 19.8. The first-order valence-corrected chi connectivity index (χ1v) is 10.1. The van der Waals surface area contributed by atoms with Crippen molar-refractivity contribution in [1.82, 2.24) is 14.1 Å². The smallest absolute Gasteiger partial charge is 0.238 e. The molecular formula is C19H19ClFN3O2S. The summed E-state index contributed by atoms with van der Waals surface area (Å²) < 4.78 is 42.6. The lowest BCUT2D eigenvalue weighted by molar-refractivity contribution is 0.458. The van der Waals surface area contributed by atoms with E-state index in [1.165, 1.54) is 19.2 Å². The van der Waals surface area contributed by atoms with Gasteiger partial charge in [-0.1, -0.05) is 29.8 Å². The highest BCUT2D eigenvalue weighted by Gasteiger charge is 2.26.